The third kappa shape index (κ3) is 4.42. The number of ether oxygens (including phenoxy) is 2. The summed E-state index contributed by atoms with van der Waals surface area (Å²) in [5.41, 5.74) is 5.70. The number of carbonyl (C=O) groups excluding carboxylic acids is 1. The molecular weight excluding hydrogens is 380 g/mol. The van der Waals surface area contributed by atoms with Gasteiger partial charge in [-0.1, -0.05) is 19.9 Å². The van der Waals surface area contributed by atoms with Crippen molar-refractivity contribution in [1.82, 2.24) is 20.0 Å². The maximum absolute atomic E-state index is 11.3. The van der Waals surface area contributed by atoms with Crippen molar-refractivity contribution in [2.45, 2.75) is 71.1 Å². The summed E-state index contributed by atoms with van der Waals surface area (Å²) in [5, 5.41) is 7.44. The molecule has 2 aliphatic heterocycles. The summed E-state index contributed by atoms with van der Waals surface area (Å²) >= 11 is 0. The van der Waals surface area contributed by atoms with Crippen LogP contribution in [-0.2, 0) is 29.0 Å². The van der Waals surface area contributed by atoms with E-state index < -0.39 is 0 Å². The monoisotopic (exact) mass is 416 g/mol. The predicted molar refractivity (Wildman–Crippen MR) is 116 cm³/mol. The first-order valence-electron chi connectivity index (χ1n) is 11.3. The highest BCUT2D eigenvalue weighted by Crippen LogP contribution is 2.48. The van der Waals surface area contributed by atoms with E-state index in [4.69, 9.17) is 14.6 Å². The van der Waals surface area contributed by atoms with Gasteiger partial charge in [0.2, 0.25) is 0 Å². The Balaban J connectivity index is 1.47. The lowest BCUT2D eigenvalue weighted by molar-refractivity contribution is -0.00366. The number of rotatable bonds is 6. The second-order valence-corrected chi connectivity index (χ2v) is 9.96. The molecule has 0 saturated carbocycles. The molecule has 3 aliphatic rings. The standard InChI is InChI=1S/C23H36N4O3/c1-22(2)15-23(30-16-22)9-7-17(8-10-23)20-18(25-27-11-5-6-19(20)27)14-26(4)12-13-29-21(28)24-3/h7H,5-6,8-16H2,1-4H3,(H,24,28). The third-order valence-electron chi connectivity index (χ3n) is 6.70. The van der Waals surface area contributed by atoms with Gasteiger partial charge in [0.15, 0.2) is 0 Å². The van der Waals surface area contributed by atoms with Crippen molar-refractivity contribution >= 4 is 11.7 Å². The van der Waals surface area contributed by atoms with Gasteiger partial charge in [-0.3, -0.25) is 9.58 Å². The van der Waals surface area contributed by atoms with Crippen molar-refractivity contribution in [3.05, 3.63) is 23.0 Å². The summed E-state index contributed by atoms with van der Waals surface area (Å²) in [6.45, 7) is 8.32. The zero-order valence-electron chi connectivity index (χ0n) is 18.9. The lowest BCUT2D eigenvalue weighted by atomic mass is 9.76. The molecule has 4 rings (SSSR count). The van der Waals surface area contributed by atoms with Crippen LogP contribution in [0.15, 0.2) is 6.08 Å². The fourth-order valence-corrected chi connectivity index (χ4v) is 5.29. The number of hydrogen-bond donors (Lipinski definition) is 1. The quantitative estimate of drug-likeness (QED) is 0.770. The molecule has 7 nitrogen and oxygen atoms in total. The van der Waals surface area contributed by atoms with Crippen LogP contribution in [0.5, 0.6) is 0 Å². The van der Waals surface area contributed by atoms with Crippen LogP contribution in [0.4, 0.5) is 4.79 Å². The van der Waals surface area contributed by atoms with Crippen molar-refractivity contribution in [3.63, 3.8) is 0 Å². The molecule has 0 bridgehead atoms. The number of carbonyl (C=O) groups is 1. The van der Waals surface area contributed by atoms with Gasteiger partial charge in [0.1, 0.15) is 6.61 Å². The number of hydrogen-bond acceptors (Lipinski definition) is 5. The highest BCUT2D eigenvalue weighted by atomic mass is 16.5. The van der Waals surface area contributed by atoms with Gasteiger partial charge in [0.25, 0.3) is 0 Å². The molecule has 30 heavy (non-hydrogen) atoms. The Bertz CT molecular complexity index is 829. The van der Waals surface area contributed by atoms with Crippen LogP contribution in [0.1, 0.15) is 62.9 Å². The van der Waals surface area contributed by atoms with Gasteiger partial charge in [-0.05, 0) is 56.6 Å². The van der Waals surface area contributed by atoms with Gasteiger partial charge < -0.3 is 14.8 Å². The molecule has 1 saturated heterocycles. The Morgan fingerprint density at radius 1 is 1.40 bits per heavy atom. The Labute approximate surface area is 179 Å². The minimum Gasteiger partial charge on any atom is -0.448 e. The van der Waals surface area contributed by atoms with E-state index in [1.54, 1.807) is 7.05 Å². The minimum absolute atomic E-state index is 0.0392. The van der Waals surface area contributed by atoms with Crippen LogP contribution in [-0.4, -0.2) is 60.2 Å². The van der Waals surface area contributed by atoms with Crippen LogP contribution >= 0.6 is 0 Å². The zero-order valence-corrected chi connectivity index (χ0v) is 18.9. The van der Waals surface area contributed by atoms with Gasteiger partial charge in [-0.15, -0.1) is 0 Å². The van der Waals surface area contributed by atoms with Gasteiger partial charge in [0, 0.05) is 37.9 Å². The highest BCUT2D eigenvalue weighted by molar-refractivity contribution is 5.71. The Morgan fingerprint density at radius 2 is 2.23 bits per heavy atom. The number of fused-ring (bicyclic) bond motifs is 1. The SMILES string of the molecule is CNC(=O)OCCN(C)Cc1nn2c(c1C1=CCC3(CC1)CC(C)(C)CO3)CCC2. The van der Waals surface area contributed by atoms with E-state index >= 15 is 0 Å². The molecule has 0 radical (unpaired) electrons. The smallest absolute Gasteiger partial charge is 0.406 e. The summed E-state index contributed by atoms with van der Waals surface area (Å²) in [7, 11) is 3.63. The van der Waals surface area contributed by atoms with Crippen molar-refractivity contribution in [1.29, 1.82) is 0 Å². The molecule has 1 aromatic heterocycles. The third-order valence-corrected chi connectivity index (χ3v) is 6.70. The molecule has 1 fully saturated rings. The van der Waals surface area contributed by atoms with E-state index in [1.807, 2.05) is 0 Å². The summed E-state index contributed by atoms with van der Waals surface area (Å²) in [6, 6.07) is 0. The molecule has 166 valence electrons. The van der Waals surface area contributed by atoms with Crippen LogP contribution in [0.3, 0.4) is 0 Å². The Hall–Kier alpha value is -1.86. The second kappa shape index (κ2) is 8.35. The molecule has 1 unspecified atom stereocenters. The average Bonchev–Trinajstić information content (AvgIpc) is 3.36. The van der Waals surface area contributed by atoms with Crippen molar-refractivity contribution in [2.75, 3.05) is 33.9 Å². The Kier molecular flexibility index (Phi) is 5.95. The summed E-state index contributed by atoms with van der Waals surface area (Å²) in [6.07, 6.45) is 8.65. The van der Waals surface area contributed by atoms with Crippen LogP contribution in [0, 0.1) is 5.41 Å². The van der Waals surface area contributed by atoms with Crippen LogP contribution in [0.25, 0.3) is 5.57 Å². The van der Waals surface area contributed by atoms with Crippen molar-refractivity contribution in [3.8, 4) is 0 Å². The first kappa shape index (κ1) is 21.4. The topological polar surface area (TPSA) is 68.6 Å². The van der Waals surface area contributed by atoms with Crippen molar-refractivity contribution < 1.29 is 14.3 Å². The lowest BCUT2D eigenvalue weighted by Gasteiger charge is -2.33. The number of nitrogens with zero attached hydrogens (tertiary/aromatic N) is 3. The fourth-order valence-electron chi connectivity index (χ4n) is 5.29. The maximum atomic E-state index is 11.3. The van der Waals surface area contributed by atoms with E-state index in [0.29, 0.717) is 13.2 Å². The largest absolute Gasteiger partial charge is 0.448 e. The van der Waals surface area contributed by atoms with Gasteiger partial charge in [-0.2, -0.15) is 5.10 Å². The predicted octanol–water partition coefficient (Wildman–Crippen LogP) is 3.37. The normalized spacial score (nSPS) is 24.9. The first-order valence-corrected chi connectivity index (χ1v) is 11.3. The molecule has 1 aromatic rings. The summed E-state index contributed by atoms with van der Waals surface area (Å²) < 4.78 is 13.6. The lowest BCUT2D eigenvalue weighted by Crippen LogP contribution is -2.30. The highest BCUT2D eigenvalue weighted by Gasteiger charge is 2.45. The molecule has 7 heteroatoms. The molecule has 1 amide bonds. The number of alkyl carbamates (subject to hydrolysis) is 1. The van der Waals surface area contributed by atoms with E-state index in [0.717, 1.165) is 57.5 Å². The second-order valence-electron chi connectivity index (χ2n) is 9.96. The molecule has 0 aromatic carbocycles. The number of aromatic nitrogens is 2. The minimum atomic E-state index is -0.386. The number of allylic oxidation sites excluding steroid dienone is 1. The molecular formula is C23H36N4O3. The van der Waals surface area contributed by atoms with E-state index in [-0.39, 0.29) is 17.1 Å². The Morgan fingerprint density at radius 3 is 2.90 bits per heavy atom. The summed E-state index contributed by atoms with van der Waals surface area (Å²) in [5.74, 6) is 0. The zero-order chi connectivity index (χ0) is 21.4. The van der Waals surface area contributed by atoms with Crippen molar-refractivity contribution in [2.24, 2.45) is 5.41 Å². The number of aryl methyl sites for hydroxylation is 1. The molecule has 1 N–H and O–H groups in total. The maximum Gasteiger partial charge on any atom is 0.406 e. The van der Waals surface area contributed by atoms with Crippen LogP contribution in [0.2, 0.25) is 0 Å². The van der Waals surface area contributed by atoms with Gasteiger partial charge >= 0.3 is 6.09 Å². The molecule has 1 spiro atoms. The number of amides is 1. The molecule has 1 atom stereocenters. The van der Waals surface area contributed by atoms with E-state index in [2.05, 4.69) is 41.9 Å². The fraction of sp³-hybridized carbons (Fsp3) is 0.739. The van der Waals surface area contributed by atoms with Crippen LogP contribution < -0.4 is 5.32 Å². The number of nitrogens with one attached hydrogen (secondary N) is 1. The summed E-state index contributed by atoms with van der Waals surface area (Å²) in [4.78, 5) is 13.4. The van der Waals surface area contributed by atoms with E-state index in [9.17, 15) is 4.79 Å². The molecule has 1 aliphatic carbocycles. The first-order chi connectivity index (χ1) is 14.3. The number of likely N-dealkylation sites (N-methyl/N-ethyl adjacent to an activating group) is 1. The molecule has 3 heterocycles. The van der Waals surface area contributed by atoms with Gasteiger partial charge in [-0.25, -0.2) is 4.79 Å². The average molecular weight is 417 g/mol. The van der Waals surface area contributed by atoms with E-state index in [1.165, 1.54) is 23.3 Å². The van der Waals surface area contributed by atoms with Gasteiger partial charge in [0.05, 0.1) is 17.9 Å².